The summed E-state index contributed by atoms with van der Waals surface area (Å²) in [6.07, 6.45) is 2.65. The van der Waals surface area contributed by atoms with Crippen LogP contribution >= 0.6 is 23.1 Å². The molecule has 8 heteroatoms. The number of benzene rings is 1. The summed E-state index contributed by atoms with van der Waals surface area (Å²) in [6, 6.07) is 11.1. The van der Waals surface area contributed by atoms with E-state index in [0.29, 0.717) is 23.4 Å². The van der Waals surface area contributed by atoms with Gasteiger partial charge in [0.25, 0.3) is 11.8 Å². The molecule has 4 rings (SSSR count). The van der Waals surface area contributed by atoms with Crippen LogP contribution in [0.1, 0.15) is 25.6 Å². The molecule has 2 aromatic heterocycles. The fourth-order valence-electron chi connectivity index (χ4n) is 2.87. The highest BCUT2D eigenvalue weighted by molar-refractivity contribution is 7.99. The van der Waals surface area contributed by atoms with Gasteiger partial charge in [0, 0.05) is 23.7 Å². The summed E-state index contributed by atoms with van der Waals surface area (Å²) in [6.45, 7) is 1.16. The van der Waals surface area contributed by atoms with Crippen LogP contribution in [0.4, 0.5) is 0 Å². The van der Waals surface area contributed by atoms with Gasteiger partial charge in [-0.15, -0.1) is 21.5 Å². The predicted octanol–water partition coefficient (Wildman–Crippen LogP) is 2.97. The van der Waals surface area contributed by atoms with Gasteiger partial charge in [0.05, 0.1) is 11.1 Å². The Balaban J connectivity index is 1.34. The van der Waals surface area contributed by atoms with Crippen molar-refractivity contribution in [1.29, 1.82) is 0 Å². The number of thiophene rings is 1. The van der Waals surface area contributed by atoms with Gasteiger partial charge >= 0.3 is 0 Å². The first-order valence-electron chi connectivity index (χ1n) is 8.22. The average Bonchev–Trinajstić information content (AvgIpc) is 3.38. The van der Waals surface area contributed by atoms with Crippen LogP contribution in [-0.4, -0.2) is 43.8 Å². The standard InChI is InChI=1S/C18H16N4O2S2/c23-16-14-5-1-2-6-15(14)17(24)22(16)9-11-26-18-20-19-12-21(18)8-7-13-4-3-10-25-13/h1-6,10,12H,7-9,11H2. The number of thioether (sulfide) groups is 1. The monoisotopic (exact) mass is 384 g/mol. The minimum absolute atomic E-state index is 0.217. The van der Waals surface area contributed by atoms with Crippen molar-refractivity contribution in [2.45, 2.75) is 18.1 Å². The number of hydrogen-bond acceptors (Lipinski definition) is 6. The lowest BCUT2D eigenvalue weighted by Gasteiger charge is -2.13. The third-order valence-corrected chi connectivity index (χ3v) is 6.08. The molecule has 26 heavy (non-hydrogen) atoms. The first-order chi connectivity index (χ1) is 12.7. The van der Waals surface area contributed by atoms with Gasteiger partial charge in [-0.05, 0) is 30.0 Å². The molecule has 0 aliphatic carbocycles. The van der Waals surface area contributed by atoms with Crippen LogP contribution in [0.15, 0.2) is 53.3 Å². The van der Waals surface area contributed by atoms with Crippen molar-refractivity contribution in [1.82, 2.24) is 19.7 Å². The van der Waals surface area contributed by atoms with Gasteiger partial charge in [-0.2, -0.15) is 0 Å². The molecule has 0 atom stereocenters. The van der Waals surface area contributed by atoms with Crippen LogP contribution in [0, 0.1) is 0 Å². The molecule has 0 saturated heterocycles. The number of aromatic nitrogens is 3. The van der Waals surface area contributed by atoms with E-state index < -0.39 is 0 Å². The zero-order valence-corrected chi connectivity index (χ0v) is 15.5. The second kappa shape index (κ2) is 7.43. The van der Waals surface area contributed by atoms with E-state index in [9.17, 15) is 9.59 Å². The fourth-order valence-corrected chi connectivity index (χ4v) is 4.43. The Morgan fingerprint density at radius 1 is 1.00 bits per heavy atom. The molecule has 3 heterocycles. The summed E-state index contributed by atoms with van der Waals surface area (Å²) in [5.41, 5.74) is 0.975. The van der Waals surface area contributed by atoms with Gasteiger partial charge in [0.15, 0.2) is 5.16 Å². The largest absolute Gasteiger partial charge is 0.308 e. The maximum absolute atomic E-state index is 12.4. The van der Waals surface area contributed by atoms with Crippen LogP contribution in [0.25, 0.3) is 0 Å². The molecule has 6 nitrogen and oxygen atoms in total. The maximum atomic E-state index is 12.4. The zero-order valence-electron chi connectivity index (χ0n) is 13.9. The number of rotatable bonds is 7. The SMILES string of the molecule is O=C1c2ccccc2C(=O)N1CCSc1nncn1CCc1cccs1. The number of imide groups is 1. The van der Waals surface area contributed by atoms with E-state index in [0.717, 1.165) is 18.1 Å². The second-order valence-corrected chi connectivity index (χ2v) is 7.89. The van der Waals surface area contributed by atoms with E-state index in [1.165, 1.54) is 21.5 Å². The number of carbonyl (C=O) groups is 2. The molecule has 0 bridgehead atoms. The highest BCUT2D eigenvalue weighted by atomic mass is 32.2. The van der Waals surface area contributed by atoms with Crippen molar-refractivity contribution in [2.24, 2.45) is 0 Å². The third kappa shape index (κ3) is 3.30. The first kappa shape index (κ1) is 17.0. The lowest BCUT2D eigenvalue weighted by atomic mass is 10.1. The summed E-state index contributed by atoms with van der Waals surface area (Å²) >= 11 is 3.24. The summed E-state index contributed by atoms with van der Waals surface area (Å²) in [5, 5.41) is 11.0. The molecule has 0 spiro atoms. The molecule has 3 aromatic rings. The van der Waals surface area contributed by atoms with Crippen LogP contribution in [-0.2, 0) is 13.0 Å². The van der Waals surface area contributed by atoms with Crippen LogP contribution in [0.2, 0.25) is 0 Å². The third-order valence-electron chi connectivity index (χ3n) is 4.18. The Morgan fingerprint density at radius 2 is 1.77 bits per heavy atom. The number of carbonyl (C=O) groups excluding carboxylic acids is 2. The van der Waals surface area contributed by atoms with Gasteiger partial charge in [-0.25, -0.2) is 0 Å². The van der Waals surface area contributed by atoms with E-state index in [-0.39, 0.29) is 11.8 Å². The Labute approximate surface area is 158 Å². The van der Waals surface area contributed by atoms with Crippen molar-refractivity contribution >= 4 is 34.9 Å². The van der Waals surface area contributed by atoms with Gasteiger partial charge in [-0.3, -0.25) is 14.5 Å². The molecule has 0 N–H and O–H groups in total. The minimum Gasteiger partial charge on any atom is -0.308 e. The molecule has 2 amide bonds. The van der Waals surface area contributed by atoms with E-state index in [1.54, 1.807) is 41.9 Å². The number of aryl methyl sites for hydroxylation is 2. The van der Waals surface area contributed by atoms with Crippen molar-refractivity contribution < 1.29 is 9.59 Å². The molecule has 132 valence electrons. The first-order valence-corrected chi connectivity index (χ1v) is 10.1. The van der Waals surface area contributed by atoms with Gasteiger partial charge in [0.2, 0.25) is 0 Å². The van der Waals surface area contributed by atoms with Crippen LogP contribution in [0.5, 0.6) is 0 Å². The Hall–Kier alpha value is -2.45. The lowest BCUT2D eigenvalue weighted by Crippen LogP contribution is -2.31. The highest BCUT2D eigenvalue weighted by Crippen LogP contribution is 2.24. The van der Waals surface area contributed by atoms with Crippen molar-refractivity contribution in [3.8, 4) is 0 Å². The highest BCUT2D eigenvalue weighted by Gasteiger charge is 2.34. The normalized spacial score (nSPS) is 13.5. The van der Waals surface area contributed by atoms with Crippen molar-refractivity contribution in [2.75, 3.05) is 12.3 Å². The van der Waals surface area contributed by atoms with Gasteiger partial charge < -0.3 is 4.57 Å². The van der Waals surface area contributed by atoms with E-state index in [4.69, 9.17) is 0 Å². The molecule has 0 saturated carbocycles. The van der Waals surface area contributed by atoms with Crippen molar-refractivity contribution in [3.63, 3.8) is 0 Å². The second-order valence-electron chi connectivity index (χ2n) is 5.79. The van der Waals surface area contributed by atoms with E-state index in [2.05, 4.69) is 21.6 Å². The fraction of sp³-hybridized carbons (Fsp3) is 0.222. The Kier molecular flexibility index (Phi) is 4.85. The van der Waals surface area contributed by atoms with Crippen molar-refractivity contribution in [3.05, 3.63) is 64.1 Å². The average molecular weight is 384 g/mol. The smallest absolute Gasteiger partial charge is 0.261 e. The zero-order chi connectivity index (χ0) is 17.9. The molecule has 0 unspecified atom stereocenters. The van der Waals surface area contributed by atoms with Crippen LogP contribution < -0.4 is 0 Å². The molecular formula is C18H16N4O2S2. The summed E-state index contributed by atoms with van der Waals surface area (Å²) in [4.78, 5) is 27.4. The number of amides is 2. The summed E-state index contributed by atoms with van der Waals surface area (Å²) < 4.78 is 2.01. The summed E-state index contributed by atoms with van der Waals surface area (Å²) in [7, 11) is 0. The number of fused-ring (bicyclic) bond motifs is 1. The molecular weight excluding hydrogens is 368 g/mol. The lowest BCUT2D eigenvalue weighted by molar-refractivity contribution is 0.0664. The number of hydrogen-bond donors (Lipinski definition) is 0. The predicted molar refractivity (Wildman–Crippen MR) is 101 cm³/mol. The van der Waals surface area contributed by atoms with Gasteiger partial charge in [0.1, 0.15) is 6.33 Å². The molecule has 0 fully saturated rings. The van der Waals surface area contributed by atoms with Crippen LogP contribution in [0.3, 0.4) is 0 Å². The number of nitrogens with zero attached hydrogens (tertiary/aromatic N) is 4. The maximum Gasteiger partial charge on any atom is 0.261 e. The molecule has 0 radical (unpaired) electrons. The minimum atomic E-state index is -0.217. The summed E-state index contributed by atoms with van der Waals surface area (Å²) in [5.74, 6) is 0.152. The molecule has 1 aromatic carbocycles. The van der Waals surface area contributed by atoms with E-state index >= 15 is 0 Å². The van der Waals surface area contributed by atoms with E-state index in [1.807, 2.05) is 10.6 Å². The molecule has 1 aliphatic rings. The Morgan fingerprint density at radius 3 is 2.46 bits per heavy atom. The Bertz CT molecular complexity index is 901. The molecule has 1 aliphatic heterocycles. The van der Waals surface area contributed by atoms with Gasteiger partial charge in [-0.1, -0.05) is 30.0 Å². The quantitative estimate of drug-likeness (QED) is 0.463. The topological polar surface area (TPSA) is 68.1 Å².